The highest BCUT2D eigenvalue weighted by Crippen LogP contribution is 2.44. The standard InChI is InChI=1S/C11H16Cl3NO3/c1-6-7(5-12)11(13,14)8(16)15(6)9(17)18-10(2,3)4/h6-7H,5H2,1-4H3/t6-,7-/m1/s1. The molecule has 1 aliphatic rings. The zero-order valence-corrected chi connectivity index (χ0v) is 12.9. The number of rotatable bonds is 1. The van der Waals surface area contributed by atoms with Gasteiger partial charge in [-0.15, -0.1) is 11.6 Å². The van der Waals surface area contributed by atoms with Crippen LogP contribution in [-0.4, -0.2) is 38.8 Å². The largest absolute Gasteiger partial charge is 0.443 e. The lowest BCUT2D eigenvalue weighted by Gasteiger charge is -2.26. The number of ether oxygens (including phenoxy) is 1. The van der Waals surface area contributed by atoms with E-state index in [0.717, 1.165) is 4.90 Å². The van der Waals surface area contributed by atoms with Gasteiger partial charge in [-0.25, -0.2) is 9.69 Å². The molecule has 0 aliphatic carbocycles. The van der Waals surface area contributed by atoms with Crippen molar-refractivity contribution >= 4 is 46.8 Å². The topological polar surface area (TPSA) is 46.6 Å². The number of alkyl halides is 3. The fourth-order valence-corrected chi connectivity index (χ4v) is 3.12. The summed E-state index contributed by atoms with van der Waals surface area (Å²) < 4.78 is 3.47. The zero-order chi connectivity index (χ0) is 14.3. The highest BCUT2D eigenvalue weighted by atomic mass is 35.5. The summed E-state index contributed by atoms with van der Waals surface area (Å²) in [6, 6.07) is -0.500. The number of likely N-dealkylation sites (tertiary alicyclic amines) is 1. The van der Waals surface area contributed by atoms with Crippen molar-refractivity contribution in [2.24, 2.45) is 5.92 Å². The number of halogens is 3. The minimum atomic E-state index is -1.68. The normalized spacial score (nSPS) is 27.5. The lowest BCUT2D eigenvalue weighted by molar-refractivity contribution is -0.128. The van der Waals surface area contributed by atoms with Crippen LogP contribution in [0.2, 0.25) is 0 Å². The summed E-state index contributed by atoms with van der Waals surface area (Å²) in [7, 11) is 0. The minimum absolute atomic E-state index is 0.0825. The van der Waals surface area contributed by atoms with Crippen molar-refractivity contribution in [1.82, 2.24) is 4.90 Å². The number of imide groups is 1. The van der Waals surface area contributed by atoms with E-state index in [1.807, 2.05) is 0 Å². The molecule has 1 rings (SSSR count). The lowest BCUT2D eigenvalue weighted by Crippen LogP contribution is -2.43. The van der Waals surface area contributed by atoms with Crippen molar-refractivity contribution < 1.29 is 14.3 Å². The van der Waals surface area contributed by atoms with Crippen molar-refractivity contribution in [3.8, 4) is 0 Å². The van der Waals surface area contributed by atoms with E-state index in [1.54, 1.807) is 27.7 Å². The maximum absolute atomic E-state index is 12.0. The molecular weight excluding hydrogens is 300 g/mol. The Morgan fingerprint density at radius 1 is 1.44 bits per heavy atom. The number of carbonyl (C=O) groups is 2. The van der Waals surface area contributed by atoms with Gasteiger partial charge in [-0.2, -0.15) is 0 Å². The molecule has 1 saturated heterocycles. The third-order valence-electron chi connectivity index (χ3n) is 2.72. The molecule has 1 fully saturated rings. The molecule has 0 aromatic carbocycles. The van der Waals surface area contributed by atoms with Crippen LogP contribution in [-0.2, 0) is 9.53 Å². The number of carbonyl (C=O) groups excluding carboxylic acids is 2. The van der Waals surface area contributed by atoms with Gasteiger partial charge in [0.1, 0.15) is 5.60 Å². The monoisotopic (exact) mass is 315 g/mol. The third kappa shape index (κ3) is 2.86. The Labute approximate surface area is 121 Å². The van der Waals surface area contributed by atoms with Crippen LogP contribution in [0.4, 0.5) is 4.79 Å². The highest BCUT2D eigenvalue weighted by Gasteiger charge is 2.58. The highest BCUT2D eigenvalue weighted by molar-refractivity contribution is 6.59. The molecular formula is C11H16Cl3NO3. The van der Waals surface area contributed by atoms with E-state index in [4.69, 9.17) is 39.5 Å². The molecule has 0 bridgehead atoms. The van der Waals surface area contributed by atoms with E-state index in [2.05, 4.69) is 0 Å². The van der Waals surface area contributed by atoms with Gasteiger partial charge in [-0.1, -0.05) is 23.2 Å². The summed E-state index contributed by atoms with van der Waals surface area (Å²) >= 11 is 17.7. The Balaban J connectivity index is 2.98. The second-order valence-corrected chi connectivity index (χ2v) is 6.97. The number of amides is 2. The van der Waals surface area contributed by atoms with Crippen LogP contribution in [0.1, 0.15) is 27.7 Å². The fourth-order valence-electron chi connectivity index (χ4n) is 1.77. The van der Waals surface area contributed by atoms with Crippen LogP contribution < -0.4 is 0 Å². The predicted octanol–water partition coefficient (Wildman–Crippen LogP) is 3.18. The molecule has 1 aliphatic heterocycles. The zero-order valence-electron chi connectivity index (χ0n) is 10.7. The van der Waals surface area contributed by atoms with Crippen molar-refractivity contribution in [1.29, 1.82) is 0 Å². The summed E-state index contributed by atoms with van der Waals surface area (Å²) in [5, 5.41) is 0. The van der Waals surface area contributed by atoms with Crippen molar-refractivity contribution in [3.05, 3.63) is 0 Å². The molecule has 0 radical (unpaired) electrons. The Bertz CT molecular complexity index is 365. The second-order valence-electron chi connectivity index (χ2n) is 5.28. The average Bonchev–Trinajstić information content (AvgIpc) is 2.31. The summed E-state index contributed by atoms with van der Waals surface area (Å²) in [5.74, 6) is -1.13. The van der Waals surface area contributed by atoms with Crippen molar-refractivity contribution in [2.75, 3.05) is 5.88 Å². The van der Waals surface area contributed by atoms with E-state index < -0.39 is 33.9 Å². The van der Waals surface area contributed by atoms with Crippen molar-refractivity contribution in [2.45, 2.75) is 43.7 Å². The number of hydrogen-bond donors (Lipinski definition) is 0. The van der Waals surface area contributed by atoms with Crippen LogP contribution >= 0.6 is 34.8 Å². The molecule has 7 heteroatoms. The van der Waals surface area contributed by atoms with Gasteiger partial charge in [0.15, 0.2) is 0 Å². The molecule has 0 aromatic heterocycles. The van der Waals surface area contributed by atoms with Gasteiger partial charge < -0.3 is 4.74 Å². The first kappa shape index (κ1) is 15.9. The van der Waals surface area contributed by atoms with E-state index in [9.17, 15) is 9.59 Å². The molecule has 1 heterocycles. The molecule has 2 amide bonds. The quantitative estimate of drug-likeness (QED) is 0.698. The molecule has 2 atom stereocenters. The van der Waals surface area contributed by atoms with Gasteiger partial charge in [-0.05, 0) is 27.7 Å². The third-order valence-corrected chi connectivity index (χ3v) is 3.93. The van der Waals surface area contributed by atoms with Crippen LogP contribution in [0.3, 0.4) is 0 Å². The lowest BCUT2D eigenvalue weighted by atomic mass is 10.0. The summed E-state index contributed by atoms with van der Waals surface area (Å²) in [6.45, 7) is 6.80. The van der Waals surface area contributed by atoms with Gasteiger partial charge in [0.25, 0.3) is 5.91 Å². The second kappa shape index (κ2) is 5.06. The Morgan fingerprint density at radius 2 is 1.94 bits per heavy atom. The SMILES string of the molecule is C[C@@H]1[C@@H](CCl)C(Cl)(Cl)C(=O)N1C(=O)OC(C)(C)C. The molecule has 0 N–H and O–H groups in total. The minimum Gasteiger partial charge on any atom is -0.443 e. The van der Waals surface area contributed by atoms with Gasteiger partial charge in [-0.3, -0.25) is 4.79 Å². The Hall–Kier alpha value is -0.190. The van der Waals surface area contributed by atoms with Gasteiger partial charge in [0.05, 0.1) is 0 Å². The predicted molar refractivity (Wildman–Crippen MR) is 71.2 cm³/mol. The van der Waals surface area contributed by atoms with Crippen molar-refractivity contribution in [3.63, 3.8) is 0 Å². The molecule has 0 unspecified atom stereocenters. The van der Waals surface area contributed by atoms with Crippen LogP contribution in [0.5, 0.6) is 0 Å². The van der Waals surface area contributed by atoms with Crippen LogP contribution in [0.25, 0.3) is 0 Å². The van der Waals surface area contributed by atoms with E-state index >= 15 is 0 Å². The molecule has 0 saturated carbocycles. The Kier molecular flexibility index (Phi) is 4.46. The van der Waals surface area contributed by atoms with E-state index in [1.165, 1.54) is 0 Å². The average molecular weight is 317 g/mol. The van der Waals surface area contributed by atoms with E-state index in [0.29, 0.717) is 0 Å². The summed E-state index contributed by atoms with van der Waals surface area (Å²) in [6.07, 6.45) is -0.752. The van der Waals surface area contributed by atoms with Crippen LogP contribution in [0.15, 0.2) is 0 Å². The van der Waals surface area contributed by atoms with Gasteiger partial charge in [0.2, 0.25) is 4.33 Å². The first-order valence-corrected chi connectivity index (χ1v) is 6.82. The molecule has 0 aromatic rings. The molecule has 4 nitrogen and oxygen atoms in total. The van der Waals surface area contributed by atoms with Gasteiger partial charge >= 0.3 is 6.09 Å². The number of hydrogen-bond acceptors (Lipinski definition) is 3. The maximum Gasteiger partial charge on any atom is 0.417 e. The summed E-state index contributed by atoms with van der Waals surface area (Å²) in [4.78, 5) is 24.9. The summed E-state index contributed by atoms with van der Waals surface area (Å²) in [5.41, 5.74) is -0.697. The molecule has 0 spiro atoms. The first-order valence-electron chi connectivity index (χ1n) is 5.52. The van der Waals surface area contributed by atoms with Crippen LogP contribution in [0, 0.1) is 5.92 Å². The fraction of sp³-hybridized carbons (Fsp3) is 0.818. The molecule has 104 valence electrons. The van der Waals surface area contributed by atoms with E-state index in [-0.39, 0.29) is 5.88 Å². The smallest absolute Gasteiger partial charge is 0.417 e. The Morgan fingerprint density at radius 3 is 2.28 bits per heavy atom. The maximum atomic E-state index is 12.0. The number of nitrogens with zero attached hydrogens (tertiary/aromatic N) is 1. The first-order chi connectivity index (χ1) is 8.02. The molecule has 18 heavy (non-hydrogen) atoms. The van der Waals surface area contributed by atoms with Gasteiger partial charge in [0, 0.05) is 17.8 Å².